The molecule has 1 aliphatic rings. The van der Waals surface area contributed by atoms with E-state index in [1.807, 2.05) is 29.6 Å². The Morgan fingerprint density at radius 3 is 2.26 bits per heavy atom. The summed E-state index contributed by atoms with van der Waals surface area (Å²) in [6.45, 7) is 4.18. The van der Waals surface area contributed by atoms with E-state index in [9.17, 15) is 14.0 Å². The Morgan fingerprint density at radius 1 is 0.968 bits per heavy atom. The monoisotopic (exact) mass is 437 g/mol. The zero-order valence-electron chi connectivity index (χ0n) is 17.4. The molecule has 0 atom stereocenters. The molecule has 0 radical (unpaired) electrons. The van der Waals surface area contributed by atoms with Gasteiger partial charge in [-0.1, -0.05) is 19.1 Å². The van der Waals surface area contributed by atoms with Crippen LogP contribution in [0.1, 0.15) is 27.9 Å². The molecule has 5 nitrogen and oxygen atoms in total. The van der Waals surface area contributed by atoms with Crippen LogP contribution in [-0.4, -0.2) is 52.8 Å². The molecule has 0 N–H and O–H groups in total. The van der Waals surface area contributed by atoms with Crippen molar-refractivity contribution >= 4 is 23.2 Å². The first-order valence-electron chi connectivity index (χ1n) is 10.4. The molecule has 0 aliphatic carbocycles. The number of aryl methyl sites for hydroxylation is 1. The largest absolute Gasteiger partial charge is 0.339 e. The average molecular weight is 438 g/mol. The van der Waals surface area contributed by atoms with Crippen molar-refractivity contribution in [1.29, 1.82) is 0 Å². The van der Waals surface area contributed by atoms with E-state index in [4.69, 9.17) is 0 Å². The van der Waals surface area contributed by atoms with Crippen molar-refractivity contribution in [2.45, 2.75) is 19.8 Å². The van der Waals surface area contributed by atoms with Crippen LogP contribution in [0.3, 0.4) is 0 Å². The highest BCUT2D eigenvalue weighted by molar-refractivity contribution is 7.10. The molecule has 2 aromatic carbocycles. The van der Waals surface area contributed by atoms with Crippen molar-refractivity contribution in [2.75, 3.05) is 26.2 Å². The number of carbonyl (C=O) groups excluding carboxylic acids is 2. The van der Waals surface area contributed by atoms with E-state index in [0.29, 0.717) is 31.7 Å². The maximum Gasteiger partial charge on any atom is 0.253 e. The van der Waals surface area contributed by atoms with E-state index < -0.39 is 0 Å². The molecule has 0 bridgehead atoms. The number of aromatic nitrogens is 1. The molecule has 0 unspecified atom stereocenters. The quantitative estimate of drug-likeness (QED) is 0.605. The number of rotatable bonds is 5. The minimum absolute atomic E-state index is 0.0126. The summed E-state index contributed by atoms with van der Waals surface area (Å²) in [6, 6.07) is 13.9. The average Bonchev–Trinajstić information content (AvgIpc) is 3.27. The van der Waals surface area contributed by atoms with Crippen LogP contribution in [0, 0.1) is 5.82 Å². The summed E-state index contributed by atoms with van der Waals surface area (Å²) >= 11 is 1.43. The molecule has 1 saturated heterocycles. The SMILES string of the molecule is CCc1ccc(C(=O)N2CCN(C(=O)Cc3nc(-c4ccc(F)cc4)cs3)CC2)cc1. The second kappa shape index (κ2) is 9.39. The number of hydrogen-bond acceptors (Lipinski definition) is 4. The highest BCUT2D eigenvalue weighted by atomic mass is 32.1. The van der Waals surface area contributed by atoms with Crippen LogP contribution in [0.2, 0.25) is 0 Å². The van der Waals surface area contributed by atoms with Crippen LogP contribution in [0.25, 0.3) is 11.3 Å². The van der Waals surface area contributed by atoms with Gasteiger partial charge < -0.3 is 9.80 Å². The predicted molar refractivity (Wildman–Crippen MR) is 120 cm³/mol. The third kappa shape index (κ3) is 4.99. The number of thiazole rings is 1. The molecule has 7 heteroatoms. The van der Waals surface area contributed by atoms with Crippen molar-refractivity contribution in [3.63, 3.8) is 0 Å². The molecule has 0 spiro atoms. The minimum atomic E-state index is -0.287. The smallest absolute Gasteiger partial charge is 0.253 e. The zero-order chi connectivity index (χ0) is 21.8. The maximum absolute atomic E-state index is 13.1. The highest BCUT2D eigenvalue weighted by Gasteiger charge is 2.25. The molecule has 160 valence electrons. The summed E-state index contributed by atoms with van der Waals surface area (Å²) in [5.74, 6) is -0.261. The van der Waals surface area contributed by atoms with E-state index in [0.717, 1.165) is 22.7 Å². The fraction of sp³-hybridized carbons (Fsp3) is 0.292. The lowest BCUT2D eigenvalue weighted by Gasteiger charge is -2.34. The molecule has 0 saturated carbocycles. The summed E-state index contributed by atoms with van der Waals surface area (Å²) in [4.78, 5) is 33.6. The maximum atomic E-state index is 13.1. The molecular weight excluding hydrogens is 413 g/mol. The van der Waals surface area contributed by atoms with Crippen LogP contribution in [0.4, 0.5) is 4.39 Å². The Balaban J connectivity index is 1.31. The number of hydrogen-bond donors (Lipinski definition) is 0. The second-order valence-electron chi connectivity index (χ2n) is 7.53. The minimum Gasteiger partial charge on any atom is -0.339 e. The van der Waals surface area contributed by atoms with Crippen molar-refractivity contribution in [2.24, 2.45) is 0 Å². The van der Waals surface area contributed by atoms with E-state index in [1.165, 1.54) is 29.0 Å². The first-order chi connectivity index (χ1) is 15.0. The van der Waals surface area contributed by atoms with Gasteiger partial charge in [0, 0.05) is 42.7 Å². The number of carbonyl (C=O) groups is 2. The lowest BCUT2D eigenvalue weighted by Crippen LogP contribution is -2.51. The summed E-state index contributed by atoms with van der Waals surface area (Å²) in [5.41, 5.74) is 3.47. The lowest BCUT2D eigenvalue weighted by atomic mass is 10.1. The predicted octanol–water partition coefficient (Wildman–Crippen LogP) is 4.04. The Hall–Kier alpha value is -3.06. The van der Waals surface area contributed by atoms with Gasteiger partial charge in [-0.2, -0.15) is 0 Å². The van der Waals surface area contributed by atoms with E-state index in [1.54, 1.807) is 21.9 Å². The Bertz CT molecular complexity index is 1060. The fourth-order valence-corrected chi connectivity index (χ4v) is 4.41. The number of benzene rings is 2. The molecule has 1 aromatic heterocycles. The van der Waals surface area contributed by atoms with Gasteiger partial charge in [-0.25, -0.2) is 9.37 Å². The van der Waals surface area contributed by atoms with Crippen LogP contribution >= 0.6 is 11.3 Å². The summed E-state index contributed by atoms with van der Waals surface area (Å²) in [5, 5.41) is 2.62. The van der Waals surface area contributed by atoms with Gasteiger partial charge in [0.05, 0.1) is 12.1 Å². The third-order valence-corrected chi connectivity index (χ3v) is 6.37. The summed E-state index contributed by atoms with van der Waals surface area (Å²) in [7, 11) is 0. The highest BCUT2D eigenvalue weighted by Crippen LogP contribution is 2.23. The summed E-state index contributed by atoms with van der Waals surface area (Å²) < 4.78 is 13.1. The molecule has 2 amide bonds. The van der Waals surface area contributed by atoms with Gasteiger partial charge in [-0.05, 0) is 48.4 Å². The van der Waals surface area contributed by atoms with E-state index in [-0.39, 0.29) is 24.1 Å². The van der Waals surface area contributed by atoms with Crippen LogP contribution < -0.4 is 0 Å². The van der Waals surface area contributed by atoms with Crippen LogP contribution in [-0.2, 0) is 17.6 Å². The Kier molecular flexibility index (Phi) is 6.42. The zero-order valence-corrected chi connectivity index (χ0v) is 18.2. The van der Waals surface area contributed by atoms with Gasteiger partial charge in [0.1, 0.15) is 10.8 Å². The topological polar surface area (TPSA) is 53.5 Å². The number of amides is 2. The van der Waals surface area contributed by atoms with E-state index >= 15 is 0 Å². The van der Waals surface area contributed by atoms with Crippen molar-refractivity contribution in [3.8, 4) is 11.3 Å². The third-order valence-electron chi connectivity index (χ3n) is 5.52. The van der Waals surface area contributed by atoms with Gasteiger partial charge in [0.2, 0.25) is 5.91 Å². The standard InChI is InChI=1S/C24H24FN3O2S/c1-2-17-3-5-19(6-4-17)24(30)28-13-11-27(12-14-28)23(29)15-22-26-21(16-31-22)18-7-9-20(25)10-8-18/h3-10,16H,2,11-15H2,1H3. The fourth-order valence-electron chi connectivity index (χ4n) is 3.61. The molecule has 4 rings (SSSR count). The van der Waals surface area contributed by atoms with Crippen molar-refractivity contribution < 1.29 is 14.0 Å². The van der Waals surface area contributed by atoms with Crippen molar-refractivity contribution in [3.05, 3.63) is 75.9 Å². The first kappa shape index (κ1) is 21.2. The number of halogens is 1. The van der Waals surface area contributed by atoms with Gasteiger partial charge in [0.25, 0.3) is 5.91 Å². The second-order valence-corrected chi connectivity index (χ2v) is 8.48. The van der Waals surface area contributed by atoms with Crippen LogP contribution in [0.15, 0.2) is 53.9 Å². The van der Waals surface area contributed by atoms with Crippen molar-refractivity contribution in [1.82, 2.24) is 14.8 Å². The first-order valence-corrected chi connectivity index (χ1v) is 11.3. The number of nitrogens with zero attached hydrogens (tertiary/aromatic N) is 3. The van der Waals surface area contributed by atoms with Gasteiger partial charge in [-0.3, -0.25) is 9.59 Å². The van der Waals surface area contributed by atoms with Gasteiger partial charge >= 0.3 is 0 Å². The van der Waals surface area contributed by atoms with E-state index in [2.05, 4.69) is 11.9 Å². The molecular formula is C24H24FN3O2S. The van der Waals surface area contributed by atoms with Crippen LogP contribution in [0.5, 0.6) is 0 Å². The number of piperazine rings is 1. The summed E-state index contributed by atoms with van der Waals surface area (Å²) in [6.07, 6.45) is 1.18. The Labute approximate surface area is 185 Å². The molecule has 3 aromatic rings. The van der Waals surface area contributed by atoms with Gasteiger partial charge in [-0.15, -0.1) is 11.3 Å². The molecule has 2 heterocycles. The molecule has 31 heavy (non-hydrogen) atoms. The Morgan fingerprint density at radius 2 is 1.61 bits per heavy atom. The molecule has 1 aliphatic heterocycles. The normalized spacial score (nSPS) is 14.0. The molecule has 1 fully saturated rings. The lowest BCUT2D eigenvalue weighted by molar-refractivity contribution is -0.131. The van der Waals surface area contributed by atoms with Gasteiger partial charge in [0.15, 0.2) is 0 Å².